The zero-order chi connectivity index (χ0) is 22.2. The molecular weight excluding hydrogens is 420 g/mol. The zero-order valence-corrected chi connectivity index (χ0v) is 16.9. The number of carbonyl (C=O) groups excluding carboxylic acids is 2. The molecule has 0 radical (unpaired) electrons. The third-order valence-electron chi connectivity index (χ3n) is 4.22. The van der Waals surface area contributed by atoms with Crippen LogP contribution in [0, 0.1) is 10.1 Å². The number of carbonyl (C=O) groups is 2. The number of hydrogen-bond donors (Lipinski definition) is 1. The number of ether oxygens (including phenoxy) is 1. The fourth-order valence-corrected chi connectivity index (χ4v) is 2.97. The molecule has 0 unspecified atom stereocenters. The molecule has 3 aromatic carbocycles. The van der Waals surface area contributed by atoms with Crippen molar-refractivity contribution in [2.75, 3.05) is 11.9 Å². The molecule has 0 saturated carbocycles. The Labute approximate surface area is 183 Å². The molecule has 0 aliphatic heterocycles. The van der Waals surface area contributed by atoms with Crippen molar-refractivity contribution in [1.29, 1.82) is 0 Å². The third-order valence-corrected chi connectivity index (χ3v) is 4.54. The number of amides is 1. The first kappa shape index (κ1) is 21.7. The summed E-state index contributed by atoms with van der Waals surface area (Å²) in [6.07, 6.45) is 3.54. The van der Waals surface area contributed by atoms with Gasteiger partial charge < -0.3 is 10.1 Å². The molecule has 3 aromatic rings. The van der Waals surface area contributed by atoms with E-state index in [2.05, 4.69) is 5.32 Å². The van der Waals surface area contributed by atoms with Crippen LogP contribution in [0.15, 0.2) is 78.9 Å². The summed E-state index contributed by atoms with van der Waals surface area (Å²) in [5, 5.41) is 13.4. The second kappa shape index (κ2) is 10.2. The lowest BCUT2D eigenvalue weighted by Gasteiger charge is -2.11. The summed E-state index contributed by atoms with van der Waals surface area (Å²) in [4.78, 5) is 35.3. The van der Waals surface area contributed by atoms with Crippen LogP contribution in [0.25, 0.3) is 6.08 Å². The number of anilines is 1. The molecule has 31 heavy (non-hydrogen) atoms. The van der Waals surface area contributed by atoms with Crippen molar-refractivity contribution in [3.8, 4) is 0 Å². The minimum absolute atomic E-state index is 0.0428. The number of halogens is 1. The lowest BCUT2D eigenvalue weighted by molar-refractivity contribution is -0.384. The largest absolute Gasteiger partial charge is 0.458 e. The lowest BCUT2D eigenvalue weighted by Crippen LogP contribution is -2.16. The number of rotatable bonds is 7. The highest BCUT2D eigenvalue weighted by Gasteiger charge is 2.18. The summed E-state index contributed by atoms with van der Waals surface area (Å²) in [6, 6.07) is 19.5. The molecule has 0 spiro atoms. The molecule has 0 aliphatic carbocycles. The van der Waals surface area contributed by atoms with Crippen LogP contribution < -0.4 is 5.32 Å². The Balaban J connectivity index is 1.68. The predicted octanol–water partition coefficient (Wildman–Crippen LogP) is 5.37. The van der Waals surface area contributed by atoms with Crippen molar-refractivity contribution < 1.29 is 19.2 Å². The molecule has 0 aliphatic rings. The summed E-state index contributed by atoms with van der Waals surface area (Å²) in [5.74, 6) is -1.22. The molecule has 0 aromatic heterocycles. The first-order valence-electron chi connectivity index (χ1n) is 9.19. The van der Waals surface area contributed by atoms with Crippen molar-refractivity contribution in [3.05, 3.63) is 111 Å². The van der Waals surface area contributed by atoms with Gasteiger partial charge in [0.15, 0.2) is 0 Å². The van der Waals surface area contributed by atoms with E-state index in [0.717, 1.165) is 11.6 Å². The average Bonchev–Trinajstić information content (AvgIpc) is 2.77. The Hall–Kier alpha value is -3.97. The van der Waals surface area contributed by atoms with E-state index in [0.29, 0.717) is 0 Å². The summed E-state index contributed by atoms with van der Waals surface area (Å²) in [5.41, 5.74) is 1.20. The van der Waals surface area contributed by atoms with Crippen molar-refractivity contribution in [3.63, 3.8) is 0 Å². The number of para-hydroxylation sites is 1. The maximum absolute atomic E-state index is 12.6. The van der Waals surface area contributed by atoms with Gasteiger partial charge in [0, 0.05) is 12.1 Å². The van der Waals surface area contributed by atoms with E-state index >= 15 is 0 Å². The van der Waals surface area contributed by atoms with Gasteiger partial charge in [-0.05, 0) is 29.8 Å². The number of benzene rings is 3. The van der Waals surface area contributed by atoms with Gasteiger partial charge in [0.1, 0.15) is 6.61 Å². The average molecular weight is 437 g/mol. The molecule has 7 nitrogen and oxygen atoms in total. The Morgan fingerprint density at radius 1 is 1.00 bits per heavy atom. The van der Waals surface area contributed by atoms with Crippen LogP contribution in [-0.4, -0.2) is 23.4 Å². The Morgan fingerprint density at radius 2 is 1.71 bits per heavy atom. The molecule has 0 saturated heterocycles. The topological polar surface area (TPSA) is 98.5 Å². The quantitative estimate of drug-likeness (QED) is 0.305. The van der Waals surface area contributed by atoms with E-state index in [-0.39, 0.29) is 34.1 Å². The second-order valence-corrected chi connectivity index (χ2v) is 6.74. The van der Waals surface area contributed by atoms with Gasteiger partial charge in [0.05, 0.1) is 26.8 Å². The summed E-state index contributed by atoms with van der Waals surface area (Å²) in [6.45, 7) is 0.0597. The first-order chi connectivity index (χ1) is 15.0. The van der Waals surface area contributed by atoms with E-state index in [9.17, 15) is 19.7 Å². The first-order valence-corrected chi connectivity index (χ1v) is 9.56. The fourth-order valence-electron chi connectivity index (χ4n) is 2.71. The molecule has 1 N–H and O–H groups in total. The van der Waals surface area contributed by atoms with Crippen molar-refractivity contribution >= 4 is 40.9 Å². The Bertz CT molecular complexity index is 1150. The molecule has 1 amide bonds. The SMILES string of the molecule is O=C(Nc1ccccc1C(=O)OC/C=C/c1ccccc1)c1ccc([N+](=O)[O-])cc1Cl. The minimum Gasteiger partial charge on any atom is -0.458 e. The van der Waals surface area contributed by atoms with E-state index in [1.807, 2.05) is 36.4 Å². The third kappa shape index (κ3) is 5.77. The van der Waals surface area contributed by atoms with Gasteiger partial charge >= 0.3 is 5.97 Å². The fraction of sp³-hybridized carbons (Fsp3) is 0.0435. The smallest absolute Gasteiger partial charge is 0.340 e. The highest BCUT2D eigenvalue weighted by Crippen LogP contribution is 2.24. The molecule has 0 fully saturated rings. The normalized spacial score (nSPS) is 10.6. The molecule has 0 heterocycles. The molecule has 156 valence electrons. The number of nitro groups is 1. The van der Waals surface area contributed by atoms with Gasteiger partial charge in [0.25, 0.3) is 11.6 Å². The summed E-state index contributed by atoms with van der Waals surface area (Å²) < 4.78 is 5.27. The standard InChI is InChI=1S/C23H17ClN2O5/c24-20-15-17(26(29)30)12-13-18(20)22(27)25-21-11-5-4-10-19(21)23(28)31-14-6-9-16-7-2-1-3-8-16/h1-13,15H,14H2,(H,25,27)/b9-6+. The number of nitro benzene ring substituents is 1. The van der Waals surface area contributed by atoms with Crippen LogP contribution in [0.3, 0.4) is 0 Å². The highest BCUT2D eigenvalue weighted by molar-refractivity contribution is 6.34. The van der Waals surface area contributed by atoms with E-state index in [1.165, 1.54) is 18.2 Å². The number of hydrogen-bond acceptors (Lipinski definition) is 5. The van der Waals surface area contributed by atoms with Gasteiger partial charge in [-0.1, -0.05) is 60.1 Å². The van der Waals surface area contributed by atoms with Crippen LogP contribution in [0.5, 0.6) is 0 Å². The van der Waals surface area contributed by atoms with Crippen LogP contribution in [0.1, 0.15) is 26.3 Å². The van der Waals surface area contributed by atoms with Gasteiger partial charge in [-0.25, -0.2) is 4.79 Å². The van der Waals surface area contributed by atoms with Crippen molar-refractivity contribution in [1.82, 2.24) is 0 Å². The monoisotopic (exact) mass is 436 g/mol. The molecule has 8 heteroatoms. The van der Waals surface area contributed by atoms with E-state index < -0.39 is 16.8 Å². The van der Waals surface area contributed by atoms with Crippen LogP contribution >= 0.6 is 11.6 Å². The number of esters is 1. The van der Waals surface area contributed by atoms with Crippen LogP contribution in [0.2, 0.25) is 5.02 Å². The van der Waals surface area contributed by atoms with Gasteiger partial charge in [0.2, 0.25) is 0 Å². The molecule has 3 rings (SSSR count). The van der Waals surface area contributed by atoms with Crippen LogP contribution in [0.4, 0.5) is 11.4 Å². The molecule has 0 atom stereocenters. The van der Waals surface area contributed by atoms with E-state index in [4.69, 9.17) is 16.3 Å². The minimum atomic E-state index is -0.608. The lowest BCUT2D eigenvalue weighted by atomic mass is 10.1. The molecular formula is C23H17ClN2O5. The Morgan fingerprint density at radius 3 is 2.42 bits per heavy atom. The van der Waals surface area contributed by atoms with E-state index in [1.54, 1.807) is 24.3 Å². The maximum atomic E-state index is 12.6. The van der Waals surface area contributed by atoms with Gasteiger partial charge in [-0.3, -0.25) is 14.9 Å². The predicted molar refractivity (Wildman–Crippen MR) is 118 cm³/mol. The Kier molecular flexibility index (Phi) is 7.13. The van der Waals surface area contributed by atoms with Crippen molar-refractivity contribution in [2.45, 2.75) is 0 Å². The van der Waals surface area contributed by atoms with Crippen LogP contribution in [-0.2, 0) is 4.74 Å². The van der Waals surface area contributed by atoms with Gasteiger partial charge in [-0.15, -0.1) is 0 Å². The van der Waals surface area contributed by atoms with Gasteiger partial charge in [-0.2, -0.15) is 0 Å². The summed E-state index contributed by atoms with van der Waals surface area (Å²) in [7, 11) is 0. The van der Waals surface area contributed by atoms with Crippen molar-refractivity contribution in [2.24, 2.45) is 0 Å². The highest BCUT2D eigenvalue weighted by atomic mass is 35.5. The molecule has 0 bridgehead atoms. The maximum Gasteiger partial charge on any atom is 0.340 e. The number of nitrogens with zero attached hydrogens (tertiary/aromatic N) is 1. The number of nitrogens with one attached hydrogen (secondary N) is 1. The number of non-ortho nitro benzene ring substituents is 1. The second-order valence-electron chi connectivity index (χ2n) is 6.33. The summed E-state index contributed by atoms with van der Waals surface area (Å²) >= 11 is 6.01. The zero-order valence-electron chi connectivity index (χ0n) is 16.2.